The number of nitrogen functional groups attached to an aromatic ring is 1. The minimum absolute atomic E-state index is 0.510. The van der Waals surface area contributed by atoms with Crippen molar-refractivity contribution < 1.29 is 13.2 Å². The first-order chi connectivity index (χ1) is 8.38. The average molecular weight is 253 g/mol. The normalized spacial score (nSPS) is 11.6. The van der Waals surface area contributed by atoms with Gasteiger partial charge in [0.1, 0.15) is 5.69 Å². The molecule has 2 heterocycles. The molecule has 0 saturated carbocycles. The van der Waals surface area contributed by atoms with E-state index in [0.717, 1.165) is 17.8 Å². The van der Waals surface area contributed by atoms with Gasteiger partial charge in [-0.05, 0) is 30.7 Å². The fourth-order valence-corrected chi connectivity index (χ4v) is 1.60. The van der Waals surface area contributed by atoms with Crippen LogP contribution in [-0.4, -0.2) is 9.97 Å². The van der Waals surface area contributed by atoms with Gasteiger partial charge in [0, 0.05) is 11.8 Å². The van der Waals surface area contributed by atoms with Gasteiger partial charge >= 0.3 is 6.18 Å². The Balaban J connectivity index is 2.41. The fourth-order valence-electron chi connectivity index (χ4n) is 1.60. The smallest absolute Gasteiger partial charge is 0.397 e. The van der Waals surface area contributed by atoms with Gasteiger partial charge < -0.3 is 5.73 Å². The molecule has 2 aromatic rings. The van der Waals surface area contributed by atoms with Crippen molar-refractivity contribution in [2.24, 2.45) is 0 Å². The summed E-state index contributed by atoms with van der Waals surface area (Å²) in [5.74, 6) is 0. The van der Waals surface area contributed by atoms with Gasteiger partial charge in [-0.3, -0.25) is 9.97 Å². The Bertz CT molecular complexity index is 562. The molecular formula is C12H10F3N3. The lowest BCUT2D eigenvalue weighted by atomic mass is 10.1. The summed E-state index contributed by atoms with van der Waals surface area (Å²) in [6.45, 7) is 1.79. The number of nitrogens with zero attached hydrogens (tertiary/aromatic N) is 2. The lowest BCUT2D eigenvalue weighted by molar-refractivity contribution is -0.141. The van der Waals surface area contributed by atoms with E-state index in [1.54, 1.807) is 13.0 Å². The monoisotopic (exact) mass is 253 g/mol. The zero-order valence-corrected chi connectivity index (χ0v) is 9.49. The van der Waals surface area contributed by atoms with Crippen LogP contribution in [-0.2, 0) is 6.18 Å². The Kier molecular flexibility index (Phi) is 2.94. The van der Waals surface area contributed by atoms with Gasteiger partial charge in [-0.25, -0.2) is 0 Å². The first-order valence-electron chi connectivity index (χ1n) is 5.13. The number of hydrogen-bond acceptors (Lipinski definition) is 3. The molecule has 0 saturated heterocycles. The van der Waals surface area contributed by atoms with Crippen molar-refractivity contribution in [1.29, 1.82) is 0 Å². The number of rotatable bonds is 1. The van der Waals surface area contributed by atoms with E-state index in [2.05, 4.69) is 9.97 Å². The summed E-state index contributed by atoms with van der Waals surface area (Å²) in [4.78, 5) is 7.49. The van der Waals surface area contributed by atoms with Crippen LogP contribution in [0.25, 0.3) is 11.3 Å². The molecule has 18 heavy (non-hydrogen) atoms. The molecule has 3 nitrogen and oxygen atoms in total. The van der Waals surface area contributed by atoms with Crippen molar-refractivity contribution in [3.05, 3.63) is 41.9 Å². The van der Waals surface area contributed by atoms with Crippen molar-refractivity contribution >= 4 is 5.69 Å². The van der Waals surface area contributed by atoms with Gasteiger partial charge in [-0.2, -0.15) is 13.2 Å². The summed E-state index contributed by atoms with van der Waals surface area (Å²) >= 11 is 0. The number of aryl methyl sites for hydroxylation is 1. The number of pyridine rings is 2. The van der Waals surface area contributed by atoms with Gasteiger partial charge in [0.25, 0.3) is 0 Å². The molecule has 2 N–H and O–H groups in total. The minimum atomic E-state index is -4.43. The molecule has 0 aliphatic heterocycles. The Hall–Kier alpha value is -2.11. The summed E-state index contributed by atoms with van der Waals surface area (Å²) in [7, 11) is 0. The van der Waals surface area contributed by atoms with Crippen molar-refractivity contribution in [1.82, 2.24) is 9.97 Å². The summed E-state index contributed by atoms with van der Waals surface area (Å²) in [6, 6.07) is 3.99. The molecule has 0 atom stereocenters. The lowest BCUT2D eigenvalue weighted by Crippen LogP contribution is -2.07. The Morgan fingerprint density at radius 3 is 2.33 bits per heavy atom. The van der Waals surface area contributed by atoms with Crippen LogP contribution in [0, 0.1) is 6.92 Å². The van der Waals surface area contributed by atoms with Crippen LogP contribution >= 0.6 is 0 Å². The van der Waals surface area contributed by atoms with Crippen LogP contribution in [0.3, 0.4) is 0 Å². The molecule has 0 aliphatic carbocycles. The van der Waals surface area contributed by atoms with E-state index < -0.39 is 11.9 Å². The highest BCUT2D eigenvalue weighted by Gasteiger charge is 2.32. The predicted molar refractivity (Wildman–Crippen MR) is 61.6 cm³/mol. The molecule has 2 rings (SSSR count). The number of nitrogens with two attached hydrogens (primary N) is 1. The van der Waals surface area contributed by atoms with Gasteiger partial charge in [0.05, 0.1) is 17.6 Å². The fraction of sp³-hybridized carbons (Fsp3) is 0.167. The third kappa shape index (κ3) is 2.42. The van der Waals surface area contributed by atoms with Gasteiger partial charge in [0.15, 0.2) is 0 Å². The molecular weight excluding hydrogens is 243 g/mol. The first kappa shape index (κ1) is 12.3. The maximum atomic E-state index is 12.4. The highest BCUT2D eigenvalue weighted by molar-refractivity contribution is 5.63. The topological polar surface area (TPSA) is 51.8 Å². The summed E-state index contributed by atoms with van der Waals surface area (Å²) < 4.78 is 37.1. The molecule has 0 fully saturated rings. The third-order valence-electron chi connectivity index (χ3n) is 2.43. The Morgan fingerprint density at radius 2 is 1.83 bits per heavy atom. The van der Waals surface area contributed by atoms with E-state index in [1.165, 1.54) is 12.3 Å². The number of aromatic nitrogens is 2. The van der Waals surface area contributed by atoms with Crippen molar-refractivity contribution in [2.45, 2.75) is 13.1 Å². The molecule has 0 aromatic carbocycles. The van der Waals surface area contributed by atoms with Crippen LogP contribution in [0.15, 0.2) is 30.6 Å². The van der Waals surface area contributed by atoms with E-state index in [0.29, 0.717) is 16.9 Å². The highest BCUT2D eigenvalue weighted by atomic mass is 19.4. The zero-order valence-electron chi connectivity index (χ0n) is 9.49. The molecule has 0 unspecified atom stereocenters. The van der Waals surface area contributed by atoms with Gasteiger partial charge in [-0.15, -0.1) is 0 Å². The van der Waals surface area contributed by atoms with E-state index in [-0.39, 0.29) is 0 Å². The maximum absolute atomic E-state index is 12.4. The molecule has 0 amide bonds. The summed E-state index contributed by atoms with van der Waals surface area (Å²) in [6.07, 6.45) is -1.81. The largest absolute Gasteiger partial charge is 0.433 e. The molecule has 6 heteroatoms. The molecule has 2 aromatic heterocycles. The Labute approximate surface area is 101 Å². The lowest BCUT2D eigenvalue weighted by Gasteiger charge is -2.08. The zero-order chi connectivity index (χ0) is 13.3. The standard InChI is InChI=1S/C12H10F3N3/c1-7-4-9(16)6-18-11(7)8-2-3-10(17-5-8)12(13,14)15/h2-6H,16H2,1H3. The average Bonchev–Trinajstić information content (AvgIpc) is 2.28. The molecule has 0 bridgehead atoms. The number of halogens is 3. The second-order valence-electron chi connectivity index (χ2n) is 3.86. The SMILES string of the molecule is Cc1cc(N)cnc1-c1ccc(C(F)(F)F)nc1. The van der Waals surface area contributed by atoms with E-state index in [1.807, 2.05) is 0 Å². The number of hydrogen-bond donors (Lipinski definition) is 1. The van der Waals surface area contributed by atoms with Crippen molar-refractivity contribution in [3.63, 3.8) is 0 Å². The highest BCUT2D eigenvalue weighted by Crippen LogP contribution is 2.29. The quantitative estimate of drug-likeness (QED) is 0.849. The second kappa shape index (κ2) is 4.29. The van der Waals surface area contributed by atoms with Crippen molar-refractivity contribution in [3.8, 4) is 11.3 Å². The first-order valence-corrected chi connectivity index (χ1v) is 5.13. The van der Waals surface area contributed by atoms with Crippen LogP contribution in [0.4, 0.5) is 18.9 Å². The van der Waals surface area contributed by atoms with Crippen LogP contribution < -0.4 is 5.73 Å². The molecule has 94 valence electrons. The third-order valence-corrected chi connectivity index (χ3v) is 2.43. The second-order valence-corrected chi connectivity index (χ2v) is 3.86. The molecule has 0 aliphatic rings. The molecule has 0 spiro atoms. The predicted octanol–water partition coefficient (Wildman–Crippen LogP) is 3.05. The van der Waals surface area contributed by atoms with Gasteiger partial charge in [0.2, 0.25) is 0 Å². The molecule has 0 radical (unpaired) electrons. The van der Waals surface area contributed by atoms with Gasteiger partial charge in [-0.1, -0.05) is 0 Å². The summed E-state index contributed by atoms with van der Waals surface area (Å²) in [5.41, 5.74) is 7.04. The Morgan fingerprint density at radius 1 is 1.11 bits per heavy atom. The van der Waals surface area contributed by atoms with Crippen LogP contribution in [0.5, 0.6) is 0 Å². The maximum Gasteiger partial charge on any atom is 0.433 e. The van der Waals surface area contributed by atoms with E-state index in [9.17, 15) is 13.2 Å². The summed E-state index contributed by atoms with van der Waals surface area (Å²) in [5, 5.41) is 0. The van der Waals surface area contributed by atoms with E-state index in [4.69, 9.17) is 5.73 Å². The number of alkyl halides is 3. The van der Waals surface area contributed by atoms with Crippen molar-refractivity contribution in [2.75, 3.05) is 5.73 Å². The minimum Gasteiger partial charge on any atom is -0.397 e. The number of anilines is 1. The van der Waals surface area contributed by atoms with E-state index >= 15 is 0 Å². The van der Waals surface area contributed by atoms with Crippen LogP contribution in [0.1, 0.15) is 11.3 Å². The van der Waals surface area contributed by atoms with Crippen LogP contribution in [0.2, 0.25) is 0 Å².